The quantitative estimate of drug-likeness (QED) is 0.673. The molecule has 0 aromatic heterocycles. The smallest absolute Gasteiger partial charge is 0.269 e. The Kier molecular flexibility index (Phi) is 4.61. The Morgan fingerprint density at radius 3 is 1.92 bits per heavy atom. The second-order valence-corrected chi connectivity index (χ2v) is 7.42. The fraction of sp³-hybridized carbons (Fsp3) is 0.250. The maximum atomic E-state index is 12.6. The minimum absolute atomic E-state index is 0.0247. The van der Waals surface area contributed by atoms with Gasteiger partial charge in [0.1, 0.15) is 0 Å². The number of nitro benzene ring substituents is 1. The van der Waals surface area contributed by atoms with Crippen molar-refractivity contribution in [1.29, 1.82) is 0 Å². The molecule has 1 aliphatic rings. The molecule has 7 nitrogen and oxygen atoms in total. The van der Waals surface area contributed by atoms with Crippen LogP contribution in [0.3, 0.4) is 0 Å². The molecule has 1 fully saturated rings. The van der Waals surface area contributed by atoms with Crippen molar-refractivity contribution in [3.05, 3.63) is 58.6 Å². The van der Waals surface area contributed by atoms with E-state index >= 15 is 0 Å². The molecule has 126 valence electrons. The minimum Gasteiger partial charge on any atom is -0.314 e. The second-order valence-electron chi connectivity index (χ2n) is 5.48. The lowest BCUT2D eigenvalue weighted by Crippen LogP contribution is -2.46. The summed E-state index contributed by atoms with van der Waals surface area (Å²) in [7, 11) is -3.47. The first-order chi connectivity index (χ1) is 11.5. The number of piperazine rings is 1. The Balaban J connectivity index is 1.83. The molecule has 24 heavy (non-hydrogen) atoms. The summed E-state index contributed by atoms with van der Waals surface area (Å²) >= 11 is 0. The molecule has 0 radical (unpaired) electrons. The third kappa shape index (κ3) is 3.30. The average molecular weight is 347 g/mol. The van der Waals surface area contributed by atoms with Gasteiger partial charge >= 0.3 is 0 Å². The van der Waals surface area contributed by atoms with Crippen LogP contribution in [0.25, 0.3) is 11.1 Å². The first kappa shape index (κ1) is 16.6. The van der Waals surface area contributed by atoms with Crippen molar-refractivity contribution < 1.29 is 13.3 Å². The summed E-state index contributed by atoms with van der Waals surface area (Å²) in [5.41, 5.74) is 1.63. The molecule has 1 heterocycles. The monoisotopic (exact) mass is 347 g/mol. The van der Waals surface area contributed by atoms with Gasteiger partial charge in [-0.15, -0.1) is 0 Å². The predicted octanol–water partition coefficient (Wildman–Crippen LogP) is 1.86. The zero-order chi connectivity index (χ0) is 17.2. The van der Waals surface area contributed by atoms with E-state index in [4.69, 9.17) is 0 Å². The van der Waals surface area contributed by atoms with Crippen LogP contribution < -0.4 is 5.32 Å². The van der Waals surface area contributed by atoms with E-state index in [0.717, 1.165) is 11.1 Å². The average Bonchev–Trinajstić information content (AvgIpc) is 2.62. The summed E-state index contributed by atoms with van der Waals surface area (Å²) in [5.74, 6) is 0. The summed E-state index contributed by atoms with van der Waals surface area (Å²) in [5, 5.41) is 13.8. The normalized spacial score (nSPS) is 16.0. The van der Waals surface area contributed by atoms with Gasteiger partial charge in [-0.25, -0.2) is 8.42 Å². The lowest BCUT2D eigenvalue weighted by Gasteiger charge is -2.26. The van der Waals surface area contributed by atoms with E-state index in [0.29, 0.717) is 26.2 Å². The van der Waals surface area contributed by atoms with Gasteiger partial charge in [0.15, 0.2) is 0 Å². The first-order valence-electron chi connectivity index (χ1n) is 7.54. The molecule has 0 saturated carbocycles. The van der Waals surface area contributed by atoms with Crippen LogP contribution in [0.15, 0.2) is 53.4 Å². The predicted molar refractivity (Wildman–Crippen MR) is 90.2 cm³/mol. The fourth-order valence-corrected chi connectivity index (χ4v) is 4.07. The van der Waals surface area contributed by atoms with Crippen molar-refractivity contribution in [2.75, 3.05) is 26.2 Å². The van der Waals surface area contributed by atoms with E-state index in [1.54, 1.807) is 36.4 Å². The highest BCUT2D eigenvalue weighted by molar-refractivity contribution is 7.89. The summed E-state index contributed by atoms with van der Waals surface area (Å²) in [6.07, 6.45) is 0. The number of sulfonamides is 1. The Hall–Kier alpha value is -2.29. The Morgan fingerprint density at radius 2 is 1.42 bits per heavy atom. The van der Waals surface area contributed by atoms with Gasteiger partial charge in [-0.05, 0) is 35.4 Å². The van der Waals surface area contributed by atoms with Crippen molar-refractivity contribution in [2.24, 2.45) is 0 Å². The molecule has 1 N–H and O–H groups in total. The zero-order valence-corrected chi connectivity index (χ0v) is 13.7. The minimum atomic E-state index is -3.47. The van der Waals surface area contributed by atoms with Crippen LogP contribution in [-0.4, -0.2) is 43.8 Å². The van der Waals surface area contributed by atoms with Gasteiger partial charge in [0, 0.05) is 38.3 Å². The standard InChI is InChI=1S/C16H17N3O4S/c20-19(21)15-5-1-13(2-6-15)14-3-7-16(8-4-14)24(22,23)18-11-9-17-10-12-18/h1-8,17H,9-12H2. The van der Waals surface area contributed by atoms with Crippen LogP contribution in [0.1, 0.15) is 0 Å². The van der Waals surface area contributed by atoms with Crippen molar-refractivity contribution >= 4 is 15.7 Å². The molecule has 8 heteroatoms. The Bertz CT molecular complexity index is 827. The molecule has 0 amide bonds. The molecular formula is C16H17N3O4S. The van der Waals surface area contributed by atoms with Crippen molar-refractivity contribution in [3.63, 3.8) is 0 Å². The van der Waals surface area contributed by atoms with Crippen molar-refractivity contribution in [2.45, 2.75) is 4.90 Å². The highest BCUT2D eigenvalue weighted by Crippen LogP contribution is 2.25. The molecule has 0 aliphatic carbocycles. The molecule has 0 atom stereocenters. The van der Waals surface area contributed by atoms with Crippen molar-refractivity contribution in [1.82, 2.24) is 9.62 Å². The molecule has 0 spiro atoms. The number of benzene rings is 2. The molecule has 1 aliphatic heterocycles. The van der Waals surface area contributed by atoms with E-state index < -0.39 is 14.9 Å². The van der Waals surface area contributed by atoms with E-state index in [-0.39, 0.29) is 10.6 Å². The lowest BCUT2D eigenvalue weighted by molar-refractivity contribution is -0.384. The SMILES string of the molecule is O=[N+]([O-])c1ccc(-c2ccc(S(=O)(=O)N3CCNCC3)cc2)cc1. The number of nitrogens with one attached hydrogen (secondary N) is 1. The summed E-state index contributed by atoms with van der Waals surface area (Å²) < 4.78 is 26.6. The van der Waals surface area contributed by atoms with Gasteiger partial charge in [-0.2, -0.15) is 4.31 Å². The van der Waals surface area contributed by atoms with E-state index in [9.17, 15) is 18.5 Å². The highest BCUT2D eigenvalue weighted by atomic mass is 32.2. The van der Waals surface area contributed by atoms with Gasteiger partial charge in [-0.1, -0.05) is 12.1 Å². The molecule has 2 aromatic carbocycles. The number of hydrogen-bond acceptors (Lipinski definition) is 5. The third-order valence-corrected chi connectivity index (χ3v) is 5.89. The van der Waals surface area contributed by atoms with Gasteiger partial charge in [0.25, 0.3) is 5.69 Å². The van der Waals surface area contributed by atoms with Crippen LogP contribution in [0, 0.1) is 10.1 Å². The van der Waals surface area contributed by atoms with Gasteiger partial charge in [0.2, 0.25) is 10.0 Å². The van der Waals surface area contributed by atoms with Crippen LogP contribution in [-0.2, 0) is 10.0 Å². The summed E-state index contributed by atoms with van der Waals surface area (Å²) in [6, 6.07) is 12.8. The molecule has 2 aromatic rings. The van der Waals surface area contributed by atoms with E-state index in [2.05, 4.69) is 5.32 Å². The van der Waals surface area contributed by atoms with E-state index in [1.165, 1.54) is 16.4 Å². The lowest BCUT2D eigenvalue weighted by atomic mass is 10.1. The maximum absolute atomic E-state index is 12.6. The largest absolute Gasteiger partial charge is 0.314 e. The molecule has 3 rings (SSSR count). The fourth-order valence-electron chi connectivity index (χ4n) is 2.63. The van der Waals surface area contributed by atoms with Gasteiger partial charge in [0.05, 0.1) is 9.82 Å². The zero-order valence-electron chi connectivity index (χ0n) is 12.9. The van der Waals surface area contributed by atoms with Gasteiger partial charge in [-0.3, -0.25) is 10.1 Å². The summed E-state index contributed by atoms with van der Waals surface area (Å²) in [4.78, 5) is 10.5. The number of rotatable bonds is 4. The second kappa shape index (κ2) is 6.68. The molecule has 1 saturated heterocycles. The first-order valence-corrected chi connectivity index (χ1v) is 8.98. The Labute approximate surface area is 140 Å². The number of hydrogen-bond donors (Lipinski definition) is 1. The molecular weight excluding hydrogens is 330 g/mol. The highest BCUT2D eigenvalue weighted by Gasteiger charge is 2.25. The van der Waals surface area contributed by atoms with Crippen LogP contribution >= 0.6 is 0 Å². The van der Waals surface area contributed by atoms with Crippen LogP contribution in [0.4, 0.5) is 5.69 Å². The third-order valence-electron chi connectivity index (χ3n) is 3.98. The van der Waals surface area contributed by atoms with Crippen LogP contribution in [0.5, 0.6) is 0 Å². The molecule has 0 unspecified atom stereocenters. The Morgan fingerprint density at radius 1 is 0.917 bits per heavy atom. The maximum Gasteiger partial charge on any atom is 0.269 e. The molecule has 0 bridgehead atoms. The summed E-state index contributed by atoms with van der Waals surface area (Å²) in [6.45, 7) is 2.24. The van der Waals surface area contributed by atoms with Crippen LogP contribution in [0.2, 0.25) is 0 Å². The van der Waals surface area contributed by atoms with Crippen molar-refractivity contribution in [3.8, 4) is 11.1 Å². The topological polar surface area (TPSA) is 92.5 Å². The van der Waals surface area contributed by atoms with E-state index in [1.807, 2.05) is 0 Å². The number of nitrogens with zero attached hydrogens (tertiary/aromatic N) is 2. The van der Waals surface area contributed by atoms with Gasteiger partial charge < -0.3 is 5.32 Å². The number of non-ortho nitro benzene ring substituents is 1. The number of nitro groups is 1.